The highest BCUT2D eigenvalue weighted by Gasteiger charge is 2.24. The van der Waals surface area contributed by atoms with Crippen molar-refractivity contribution in [2.75, 3.05) is 0 Å². The van der Waals surface area contributed by atoms with E-state index in [2.05, 4.69) is 117 Å². The van der Waals surface area contributed by atoms with Gasteiger partial charge in [0, 0.05) is 17.3 Å². The lowest BCUT2D eigenvalue weighted by Gasteiger charge is -2.26. The minimum Gasteiger partial charge on any atom is -0.507 e. The molecule has 0 saturated carbocycles. The zero-order valence-corrected chi connectivity index (χ0v) is 28.5. The van der Waals surface area contributed by atoms with Crippen molar-refractivity contribution in [2.24, 2.45) is 0 Å². The largest absolute Gasteiger partial charge is 0.507 e. The summed E-state index contributed by atoms with van der Waals surface area (Å²) < 4.78 is 6.39. The molecule has 4 nitrogen and oxygen atoms in total. The number of oxazole rings is 1. The molecule has 4 heteroatoms. The normalized spacial score (nSPS) is 12.5. The standard InChI is InChI=1S/C42H44N2O2/c1-40(2,3)30-21-27(22-31(23-30)41(4,5)6)26-18-28(20-29(19-26)35-15-12-13-17-43-35)34-24-32(42(7,8)9)25-37-38(34)44-39(46-37)33-14-10-11-16-36(33)45/h10-25,45H,1-9H3. The third kappa shape index (κ3) is 6.22. The van der Waals surface area contributed by atoms with E-state index in [0.29, 0.717) is 17.0 Å². The van der Waals surface area contributed by atoms with Gasteiger partial charge in [0.25, 0.3) is 0 Å². The summed E-state index contributed by atoms with van der Waals surface area (Å²) in [5.41, 5.74) is 11.9. The number of hydrogen-bond donors (Lipinski definition) is 1. The molecule has 6 aromatic rings. The van der Waals surface area contributed by atoms with Gasteiger partial charge in [-0.2, -0.15) is 0 Å². The Balaban J connectivity index is 1.66. The topological polar surface area (TPSA) is 59.2 Å². The fourth-order valence-corrected chi connectivity index (χ4v) is 5.74. The summed E-state index contributed by atoms with van der Waals surface area (Å²) in [5.74, 6) is 0.536. The molecule has 0 spiro atoms. The van der Waals surface area contributed by atoms with E-state index in [1.54, 1.807) is 12.1 Å². The van der Waals surface area contributed by atoms with E-state index in [1.165, 1.54) is 16.7 Å². The summed E-state index contributed by atoms with van der Waals surface area (Å²) >= 11 is 0. The Morgan fingerprint density at radius 1 is 0.543 bits per heavy atom. The third-order valence-electron chi connectivity index (χ3n) is 8.70. The molecule has 0 aliphatic heterocycles. The molecule has 0 saturated heterocycles. The van der Waals surface area contributed by atoms with E-state index < -0.39 is 0 Å². The molecule has 2 aromatic heterocycles. The van der Waals surface area contributed by atoms with Gasteiger partial charge in [0.2, 0.25) is 5.89 Å². The molecule has 0 amide bonds. The second-order valence-electron chi connectivity index (χ2n) is 15.5. The Kier molecular flexibility index (Phi) is 7.67. The van der Waals surface area contributed by atoms with Gasteiger partial charge in [-0.3, -0.25) is 4.98 Å². The fourth-order valence-electron chi connectivity index (χ4n) is 5.74. The number of rotatable bonds is 4. The van der Waals surface area contributed by atoms with Crippen LogP contribution in [-0.4, -0.2) is 15.1 Å². The van der Waals surface area contributed by atoms with Crippen LogP contribution in [-0.2, 0) is 16.2 Å². The maximum Gasteiger partial charge on any atom is 0.231 e. The molecular weight excluding hydrogens is 564 g/mol. The van der Waals surface area contributed by atoms with Crippen molar-refractivity contribution >= 4 is 11.1 Å². The van der Waals surface area contributed by atoms with Crippen LogP contribution >= 0.6 is 0 Å². The number of aromatic hydroxyl groups is 1. The first-order valence-corrected chi connectivity index (χ1v) is 16.0. The van der Waals surface area contributed by atoms with Crippen LogP contribution in [0.3, 0.4) is 0 Å². The molecule has 4 aromatic carbocycles. The highest BCUT2D eigenvalue weighted by Crippen LogP contribution is 2.42. The number of hydrogen-bond acceptors (Lipinski definition) is 4. The molecule has 6 rings (SSSR count). The first kappa shape index (κ1) is 31.3. The van der Waals surface area contributed by atoms with Gasteiger partial charge >= 0.3 is 0 Å². The van der Waals surface area contributed by atoms with Crippen LogP contribution in [0.1, 0.15) is 79.0 Å². The Morgan fingerprint density at radius 2 is 1.11 bits per heavy atom. The van der Waals surface area contributed by atoms with E-state index in [-0.39, 0.29) is 22.0 Å². The predicted molar refractivity (Wildman–Crippen MR) is 191 cm³/mol. The molecule has 0 atom stereocenters. The molecule has 46 heavy (non-hydrogen) atoms. The number of para-hydroxylation sites is 1. The molecule has 0 bridgehead atoms. The van der Waals surface area contributed by atoms with Gasteiger partial charge in [-0.05, 0) is 104 Å². The van der Waals surface area contributed by atoms with E-state index in [4.69, 9.17) is 14.4 Å². The highest BCUT2D eigenvalue weighted by atomic mass is 16.3. The summed E-state index contributed by atoms with van der Waals surface area (Å²) in [6.45, 7) is 20.3. The van der Waals surface area contributed by atoms with Crippen LogP contribution in [0.2, 0.25) is 0 Å². The van der Waals surface area contributed by atoms with Crippen LogP contribution in [0.25, 0.3) is 56.1 Å². The number of phenols is 1. The van der Waals surface area contributed by atoms with Crippen molar-refractivity contribution in [1.82, 2.24) is 9.97 Å². The first-order valence-electron chi connectivity index (χ1n) is 16.0. The lowest BCUT2D eigenvalue weighted by molar-refractivity contribution is 0.474. The van der Waals surface area contributed by atoms with Crippen LogP contribution in [0, 0.1) is 0 Å². The smallest absolute Gasteiger partial charge is 0.231 e. The number of aromatic nitrogens is 2. The highest BCUT2D eigenvalue weighted by molar-refractivity contribution is 5.95. The molecule has 0 radical (unpaired) electrons. The van der Waals surface area contributed by atoms with Crippen molar-refractivity contribution in [3.05, 3.63) is 114 Å². The summed E-state index contributed by atoms with van der Waals surface area (Å²) in [6.07, 6.45) is 1.84. The number of nitrogens with zero attached hydrogens (tertiary/aromatic N) is 2. The Hall–Kier alpha value is -4.70. The maximum atomic E-state index is 10.6. The number of phenolic OH excluding ortho intramolecular Hbond substituents is 1. The maximum absolute atomic E-state index is 10.6. The van der Waals surface area contributed by atoms with Gasteiger partial charge in [0.05, 0.1) is 11.3 Å². The molecular formula is C42H44N2O2. The average Bonchev–Trinajstić information content (AvgIpc) is 3.44. The van der Waals surface area contributed by atoms with Gasteiger partial charge in [-0.15, -0.1) is 0 Å². The zero-order chi connectivity index (χ0) is 33.0. The van der Waals surface area contributed by atoms with Crippen LogP contribution in [0.4, 0.5) is 0 Å². The quantitative estimate of drug-likeness (QED) is 0.216. The minimum absolute atomic E-state index is 0.00918. The summed E-state index contributed by atoms with van der Waals surface area (Å²) in [5, 5.41) is 10.6. The van der Waals surface area contributed by atoms with Gasteiger partial charge < -0.3 is 9.52 Å². The number of benzene rings is 4. The molecule has 0 fully saturated rings. The van der Waals surface area contributed by atoms with E-state index >= 15 is 0 Å². The monoisotopic (exact) mass is 608 g/mol. The van der Waals surface area contributed by atoms with Crippen molar-refractivity contribution in [3.63, 3.8) is 0 Å². The molecule has 0 aliphatic rings. The zero-order valence-electron chi connectivity index (χ0n) is 28.5. The minimum atomic E-state index is -0.130. The Labute approximate surface area is 273 Å². The van der Waals surface area contributed by atoms with Crippen LogP contribution < -0.4 is 0 Å². The SMILES string of the molecule is CC(C)(C)c1cc(-c2cc(-c3ccccn3)cc(-c3cc(C(C)(C)C)cc4oc(-c5ccccc5O)nc34)c2)cc(C(C)(C)C)c1. The molecule has 2 heterocycles. The number of fused-ring (bicyclic) bond motifs is 1. The Morgan fingerprint density at radius 3 is 1.72 bits per heavy atom. The van der Waals surface area contributed by atoms with Gasteiger partial charge in [-0.25, -0.2) is 4.98 Å². The summed E-state index contributed by atoms with van der Waals surface area (Å²) in [7, 11) is 0. The Bertz CT molecular complexity index is 2020. The first-order chi connectivity index (χ1) is 21.6. The van der Waals surface area contributed by atoms with E-state index in [0.717, 1.165) is 39.0 Å². The van der Waals surface area contributed by atoms with Crippen molar-refractivity contribution in [2.45, 2.75) is 78.6 Å². The fraction of sp³-hybridized carbons (Fsp3) is 0.286. The van der Waals surface area contributed by atoms with Crippen molar-refractivity contribution in [1.29, 1.82) is 0 Å². The van der Waals surface area contributed by atoms with Crippen molar-refractivity contribution < 1.29 is 9.52 Å². The molecule has 1 N–H and O–H groups in total. The van der Waals surface area contributed by atoms with E-state index in [9.17, 15) is 5.11 Å². The van der Waals surface area contributed by atoms with Gasteiger partial charge in [-0.1, -0.05) is 98.7 Å². The lowest BCUT2D eigenvalue weighted by atomic mass is 9.78. The van der Waals surface area contributed by atoms with Gasteiger partial charge in [0.15, 0.2) is 5.58 Å². The molecule has 0 aliphatic carbocycles. The molecule has 234 valence electrons. The summed E-state index contributed by atoms with van der Waals surface area (Å²) in [6, 6.07) is 31.3. The number of pyridine rings is 1. The molecule has 0 unspecified atom stereocenters. The third-order valence-corrected chi connectivity index (χ3v) is 8.70. The predicted octanol–water partition coefficient (Wildman–Crippen LogP) is 11.5. The summed E-state index contributed by atoms with van der Waals surface area (Å²) in [4.78, 5) is 9.74. The van der Waals surface area contributed by atoms with Crippen LogP contribution in [0.15, 0.2) is 102 Å². The second-order valence-corrected chi connectivity index (χ2v) is 15.5. The average molecular weight is 609 g/mol. The lowest BCUT2D eigenvalue weighted by Crippen LogP contribution is -2.16. The van der Waals surface area contributed by atoms with E-state index in [1.807, 2.05) is 30.5 Å². The van der Waals surface area contributed by atoms with Gasteiger partial charge in [0.1, 0.15) is 11.3 Å². The second kappa shape index (κ2) is 11.3. The van der Waals surface area contributed by atoms with Crippen molar-refractivity contribution in [3.8, 4) is 50.7 Å². The van der Waals surface area contributed by atoms with Crippen LogP contribution in [0.5, 0.6) is 5.75 Å².